The molecule has 0 radical (unpaired) electrons. The molecule has 3 rings (SSSR count). The van der Waals surface area contributed by atoms with Crippen LogP contribution in [-0.2, 0) is 0 Å². The normalized spacial score (nSPS) is 13.4. The van der Waals surface area contributed by atoms with Crippen molar-refractivity contribution in [1.82, 2.24) is 15.3 Å². The van der Waals surface area contributed by atoms with Crippen molar-refractivity contribution >= 4 is 10.9 Å². The summed E-state index contributed by atoms with van der Waals surface area (Å²) in [7, 11) is 3.28. The summed E-state index contributed by atoms with van der Waals surface area (Å²) in [6.07, 6.45) is 0. The molecule has 6 nitrogen and oxygen atoms in total. The molecule has 1 heterocycles. The van der Waals surface area contributed by atoms with Gasteiger partial charge in [0, 0.05) is 11.6 Å². The Hall–Kier alpha value is -2.86. The lowest BCUT2D eigenvalue weighted by atomic mass is 10.1. The second-order valence-corrected chi connectivity index (χ2v) is 6.19. The Morgan fingerprint density at radius 2 is 1.81 bits per heavy atom. The number of fused-ring (bicyclic) bond motifs is 1. The molecule has 1 aromatic heterocycles. The van der Waals surface area contributed by atoms with Crippen LogP contribution in [0.3, 0.4) is 0 Å². The minimum absolute atomic E-state index is 0.0353. The molecule has 26 heavy (non-hydrogen) atoms. The first-order chi connectivity index (χ1) is 12.5. The van der Waals surface area contributed by atoms with Gasteiger partial charge in [0.15, 0.2) is 0 Å². The molecule has 2 aromatic carbocycles. The van der Waals surface area contributed by atoms with Crippen LogP contribution < -0.4 is 20.3 Å². The lowest BCUT2D eigenvalue weighted by Gasteiger charge is -2.22. The standard InChI is InChI=1S/C20H23N3O3/c1-12(16-11-14(25-3)9-10-18(16)26-4)21-13(2)19-22-17-8-6-5-7-15(17)20(24)23-19/h5-13,21H,1-4H3,(H,22,23,24). The number of nitrogens with one attached hydrogen (secondary N) is 2. The molecule has 0 aliphatic rings. The number of ether oxygens (including phenoxy) is 2. The van der Waals surface area contributed by atoms with Gasteiger partial charge in [-0.3, -0.25) is 4.79 Å². The predicted molar refractivity (Wildman–Crippen MR) is 102 cm³/mol. The number of hydrogen-bond donors (Lipinski definition) is 2. The number of H-pyrrole nitrogens is 1. The molecule has 0 bridgehead atoms. The molecule has 2 N–H and O–H groups in total. The van der Waals surface area contributed by atoms with Gasteiger partial charge in [-0.15, -0.1) is 0 Å². The van der Waals surface area contributed by atoms with Crippen molar-refractivity contribution in [2.75, 3.05) is 14.2 Å². The molecule has 0 spiro atoms. The van der Waals surface area contributed by atoms with Crippen molar-refractivity contribution in [3.8, 4) is 11.5 Å². The van der Waals surface area contributed by atoms with Crippen LogP contribution >= 0.6 is 0 Å². The van der Waals surface area contributed by atoms with E-state index in [4.69, 9.17) is 9.47 Å². The highest BCUT2D eigenvalue weighted by Crippen LogP contribution is 2.30. The first-order valence-electron chi connectivity index (χ1n) is 8.50. The Morgan fingerprint density at radius 3 is 2.54 bits per heavy atom. The highest BCUT2D eigenvalue weighted by atomic mass is 16.5. The van der Waals surface area contributed by atoms with Crippen LogP contribution in [0.4, 0.5) is 0 Å². The van der Waals surface area contributed by atoms with E-state index in [0.717, 1.165) is 17.1 Å². The van der Waals surface area contributed by atoms with Gasteiger partial charge in [-0.2, -0.15) is 0 Å². The summed E-state index contributed by atoms with van der Waals surface area (Å²) < 4.78 is 10.8. The van der Waals surface area contributed by atoms with Crippen molar-refractivity contribution in [3.63, 3.8) is 0 Å². The Morgan fingerprint density at radius 1 is 1.04 bits per heavy atom. The van der Waals surface area contributed by atoms with E-state index in [-0.39, 0.29) is 17.6 Å². The quantitative estimate of drug-likeness (QED) is 0.711. The predicted octanol–water partition coefficient (Wildman–Crippen LogP) is 3.35. The summed E-state index contributed by atoms with van der Waals surface area (Å²) in [5, 5.41) is 4.05. The molecule has 0 amide bonds. The van der Waals surface area contributed by atoms with E-state index in [9.17, 15) is 4.79 Å². The second-order valence-electron chi connectivity index (χ2n) is 6.19. The van der Waals surface area contributed by atoms with E-state index in [0.29, 0.717) is 16.7 Å². The molecule has 3 aromatic rings. The minimum atomic E-state index is -0.154. The molecule has 0 saturated heterocycles. The van der Waals surface area contributed by atoms with Gasteiger partial charge >= 0.3 is 0 Å². The number of benzene rings is 2. The maximum atomic E-state index is 12.3. The maximum absolute atomic E-state index is 12.3. The monoisotopic (exact) mass is 353 g/mol. The number of aromatic amines is 1. The molecule has 0 aliphatic carbocycles. The van der Waals surface area contributed by atoms with E-state index in [1.165, 1.54) is 0 Å². The highest BCUT2D eigenvalue weighted by Gasteiger charge is 2.18. The van der Waals surface area contributed by atoms with Crippen molar-refractivity contribution in [3.05, 3.63) is 64.2 Å². The summed E-state index contributed by atoms with van der Waals surface area (Å²) in [6, 6.07) is 12.8. The van der Waals surface area contributed by atoms with E-state index in [1.807, 2.05) is 50.2 Å². The van der Waals surface area contributed by atoms with Crippen LogP contribution in [0, 0.1) is 0 Å². The summed E-state index contributed by atoms with van der Waals surface area (Å²) in [4.78, 5) is 19.7. The third-order valence-electron chi connectivity index (χ3n) is 4.44. The summed E-state index contributed by atoms with van der Waals surface area (Å²) in [5.41, 5.74) is 1.53. The Labute approximate surface area is 152 Å². The number of rotatable bonds is 6. The maximum Gasteiger partial charge on any atom is 0.258 e. The van der Waals surface area contributed by atoms with Crippen LogP contribution in [0.15, 0.2) is 47.3 Å². The van der Waals surface area contributed by atoms with Crippen molar-refractivity contribution in [2.45, 2.75) is 25.9 Å². The topological polar surface area (TPSA) is 76.2 Å². The van der Waals surface area contributed by atoms with E-state index >= 15 is 0 Å². The molecule has 136 valence electrons. The third-order valence-corrected chi connectivity index (χ3v) is 4.44. The van der Waals surface area contributed by atoms with Crippen LogP contribution in [0.5, 0.6) is 11.5 Å². The van der Waals surface area contributed by atoms with Crippen molar-refractivity contribution < 1.29 is 9.47 Å². The van der Waals surface area contributed by atoms with Crippen LogP contribution in [-0.4, -0.2) is 24.2 Å². The first-order valence-corrected chi connectivity index (χ1v) is 8.50. The zero-order valence-corrected chi connectivity index (χ0v) is 15.4. The fraction of sp³-hybridized carbons (Fsp3) is 0.300. The van der Waals surface area contributed by atoms with Crippen LogP contribution in [0.2, 0.25) is 0 Å². The number of methoxy groups -OCH3 is 2. The van der Waals surface area contributed by atoms with Gasteiger partial charge in [-0.25, -0.2) is 4.98 Å². The van der Waals surface area contributed by atoms with Gasteiger partial charge in [-0.05, 0) is 44.2 Å². The number of aromatic nitrogens is 2. The van der Waals surface area contributed by atoms with Crippen LogP contribution in [0.25, 0.3) is 10.9 Å². The van der Waals surface area contributed by atoms with Crippen LogP contribution in [0.1, 0.15) is 37.3 Å². The minimum Gasteiger partial charge on any atom is -0.497 e. The second kappa shape index (κ2) is 7.58. The number of para-hydroxylation sites is 1. The summed E-state index contributed by atoms with van der Waals surface area (Å²) in [6.45, 7) is 4.00. The van der Waals surface area contributed by atoms with Gasteiger partial charge in [0.2, 0.25) is 0 Å². The molecule has 6 heteroatoms. The average molecular weight is 353 g/mol. The lowest BCUT2D eigenvalue weighted by molar-refractivity contribution is 0.386. The van der Waals surface area contributed by atoms with Gasteiger partial charge in [-0.1, -0.05) is 12.1 Å². The molecule has 0 saturated carbocycles. The van der Waals surface area contributed by atoms with Gasteiger partial charge in [0.05, 0.1) is 31.2 Å². The number of nitrogens with zero attached hydrogens (tertiary/aromatic N) is 1. The summed E-state index contributed by atoms with van der Waals surface area (Å²) >= 11 is 0. The first kappa shape index (κ1) is 17.9. The van der Waals surface area contributed by atoms with Crippen molar-refractivity contribution in [1.29, 1.82) is 0 Å². The largest absolute Gasteiger partial charge is 0.497 e. The lowest BCUT2D eigenvalue weighted by Crippen LogP contribution is -2.26. The molecule has 0 fully saturated rings. The smallest absolute Gasteiger partial charge is 0.258 e. The molecular formula is C20H23N3O3. The number of hydrogen-bond acceptors (Lipinski definition) is 5. The Bertz CT molecular complexity index is 968. The van der Waals surface area contributed by atoms with E-state index in [1.54, 1.807) is 20.3 Å². The van der Waals surface area contributed by atoms with E-state index < -0.39 is 0 Å². The zero-order valence-electron chi connectivity index (χ0n) is 15.4. The Kier molecular flexibility index (Phi) is 5.23. The Balaban J connectivity index is 1.88. The summed E-state index contributed by atoms with van der Waals surface area (Å²) in [5.74, 6) is 2.14. The van der Waals surface area contributed by atoms with E-state index in [2.05, 4.69) is 15.3 Å². The molecular weight excluding hydrogens is 330 g/mol. The van der Waals surface area contributed by atoms with Gasteiger partial charge < -0.3 is 19.8 Å². The fourth-order valence-electron chi connectivity index (χ4n) is 3.03. The third kappa shape index (κ3) is 3.55. The highest BCUT2D eigenvalue weighted by molar-refractivity contribution is 5.77. The molecule has 2 unspecified atom stereocenters. The van der Waals surface area contributed by atoms with Gasteiger partial charge in [0.25, 0.3) is 5.56 Å². The molecule has 0 aliphatic heterocycles. The van der Waals surface area contributed by atoms with Crippen molar-refractivity contribution in [2.24, 2.45) is 0 Å². The fourth-order valence-corrected chi connectivity index (χ4v) is 3.03. The zero-order chi connectivity index (χ0) is 18.7. The molecule has 2 atom stereocenters. The average Bonchev–Trinajstić information content (AvgIpc) is 2.67. The SMILES string of the molecule is COc1ccc(OC)c(C(C)NC(C)c2nc3ccccc3c(=O)[nH]2)c1. The van der Waals surface area contributed by atoms with Gasteiger partial charge in [0.1, 0.15) is 17.3 Å².